The summed E-state index contributed by atoms with van der Waals surface area (Å²) in [7, 11) is 0. The van der Waals surface area contributed by atoms with Gasteiger partial charge in [0.1, 0.15) is 5.82 Å². The highest BCUT2D eigenvalue weighted by Gasteiger charge is 2.40. The lowest BCUT2D eigenvalue weighted by Crippen LogP contribution is -2.40. The predicted octanol–water partition coefficient (Wildman–Crippen LogP) is 5.36. The van der Waals surface area contributed by atoms with Crippen molar-refractivity contribution >= 4 is 5.91 Å². The van der Waals surface area contributed by atoms with E-state index < -0.39 is 17.8 Å². The summed E-state index contributed by atoms with van der Waals surface area (Å²) in [6.45, 7) is 4.56. The highest BCUT2D eigenvalue weighted by Crippen LogP contribution is 2.41. The third-order valence-electron chi connectivity index (χ3n) is 7.62. The normalized spacial score (nSPS) is 20.3. The number of amides is 1. The molecule has 0 radical (unpaired) electrons. The van der Waals surface area contributed by atoms with Crippen LogP contribution < -0.4 is 0 Å². The number of nitrogens with zero attached hydrogens (tertiary/aromatic N) is 2. The minimum atomic E-state index is -0.482. The number of halogens is 1. The summed E-state index contributed by atoms with van der Waals surface area (Å²) in [5.41, 5.74) is 6.25. The lowest BCUT2D eigenvalue weighted by molar-refractivity contribution is 0.0479. The summed E-state index contributed by atoms with van der Waals surface area (Å²) in [6, 6.07) is 18.1. The number of fused-ring (bicyclic) bond motifs is 1. The molecule has 34 heavy (non-hydrogen) atoms. The molecule has 0 bridgehead atoms. The zero-order valence-electron chi connectivity index (χ0n) is 19.4. The van der Waals surface area contributed by atoms with Crippen molar-refractivity contribution in [1.29, 1.82) is 5.26 Å². The number of carbonyl (C=O) groups is 1. The molecular formula is C29H27FN2O2. The third kappa shape index (κ3) is 3.59. The molecule has 1 N–H and O–H groups in total. The lowest BCUT2D eigenvalue weighted by atomic mass is 9.80. The second-order valence-electron chi connectivity index (χ2n) is 9.43. The summed E-state index contributed by atoms with van der Waals surface area (Å²) < 4.78 is 15.3. The summed E-state index contributed by atoms with van der Waals surface area (Å²) in [4.78, 5) is 15.3. The number of hydrogen-bond acceptors (Lipinski definition) is 3. The maximum absolute atomic E-state index is 15.3. The largest absolute Gasteiger partial charge is 0.391 e. The van der Waals surface area contributed by atoms with Crippen LogP contribution in [0.3, 0.4) is 0 Å². The fourth-order valence-corrected chi connectivity index (χ4v) is 5.64. The average molecular weight is 455 g/mol. The van der Waals surface area contributed by atoms with E-state index in [1.54, 1.807) is 12.1 Å². The first-order chi connectivity index (χ1) is 16.4. The third-order valence-corrected chi connectivity index (χ3v) is 7.62. The highest BCUT2D eigenvalue weighted by atomic mass is 19.1. The molecule has 2 aliphatic rings. The van der Waals surface area contributed by atoms with Crippen molar-refractivity contribution in [2.24, 2.45) is 0 Å². The highest BCUT2D eigenvalue weighted by molar-refractivity contribution is 5.99. The minimum Gasteiger partial charge on any atom is -0.391 e. The summed E-state index contributed by atoms with van der Waals surface area (Å²) in [6.07, 6.45) is 1.98. The number of aliphatic hydroxyl groups is 1. The number of aliphatic hydroxyl groups excluding tert-OH is 1. The first-order valence-electron chi connectivity index (χ1n) is 11.8. The maximum atomic E-state index is 15.3. The Morgan fingerprint density at radius 1 is 1.06 bits per heavy atom. The van der Waals surface area contributed by atoms with Crippen LogP contribution in [0.25, 0.3) is 0 Å². The standard InChI is InChI=1S/C29H27FN2O2/c1-17-18(2)24-16-32(26-9-6-10-27(26)33)29(34)23(24)14-22(17)28(20-7-4-3-5-8-20)21-12-11-19(15-31)13-25(21)30/h3-5,7-8,11-14,26-28,33H,6,9-10,16H2,1-2H3/t26-,27-,28?/m0/s1. The molecule has 1 aliphatic carbocycles. The minimum absolute atomic E-state index is 0.0580. The molecule has 1 aliphatic heterocycles. The number of nitriles is 1. The van der Waals surface area contributed by atoms with Crippen LogP contribution in [0.2, 0.25) is 0 Å². The van der Waals surface area contributed by atoms with Crippen molar-refractivity contribution in [3.05, 3.63) is 105 Å². The molecule has 0 aromatic heterocycles. The van der Waals surface area contributed by atoms with Crippen LogP contribution in [0.1, 0.15) is 74.5 Å². The van der Waals surface area contributed by atoms with Gasteiger partial charge in [-0.2, -0.15) is 5.26 Å². The number of carbonyl (C=O) groups excluding carboxylic acids is 1. The van der Waals surface area contributed by atoms with Gasteiger partial charge in [0.25, 0.3) is 5.91 Å². The van der Waals surface area contributed by atoms with E-state index in [9.17, 15) is 15.2 Å². The molecule has 1 saturated carbocycles. The van der Waals surface area contributed by atoms with Crippen LogP contribution in [0.4, 0.5) is 4.39 Å². The molecule has 5 rings (SSSR count). The van der Waals surface area contributed by atoms with E-state index in [2.05, 4.69) is 0 Å². The van der Waals surface area contributed by atoms with Crippen molar-refractivity contribution in [3.63, 3.8) is 0 Å². The molecule has 1 fully saturated rings. The van der Waals surface area contributed by atoms with E-state index in [-0.39, 0.29) is 17.5 Å². The monoisotopic (exact) mass is 454 g/mol. The molecule has 0 spiro atoms. The summed E-state index contributed by atoms with van der Waals surface area (Å²) in [5, 5.41) is 19.6. The Morgan fingerprint density at radius 3 is 2.47 bits per heavy atom. The van der Waals surface area contributed by atoms with Gasteiger partial charge in [-0.3, -0.25) is 4.79 Å². The Morgan fingerprint density at radius 2 is 1.82 bits per heavy atom. The van der Waals surface area contributed by atoms with E-state index >= 15 is 4.39 Å². The molecule has 0 saturated heterocycles. The number of rotatable bonds is 4. The summed E-state index contributed by atoms with van der Waals surface area (Å²) in [5.74, 6) is -0.915. The van der Waals surface area contributed by atoms with Gasteiger partial charge in [-0.1, -0.05) is 36.4 Å². The molecule has 3 aromatic rings. The van der Waals surface area contributed by atoms with Gasteiger partial charge in [0.05, 0.1) is 23.8 Å². The van der Waals surface area contributed by atoms with Gasteiger partial charge in [-0.15, -0.1) is 0 Å². The van der Waals surface area contributed by atoms with Gasteiger partial charge >= 0.3 is 0 Å². The maximum Gasteiger partial charge on any atom is 0.254 e. The van der Waals surface area contributed by atoms with Gasteiger partial charge in [-0.05, 0) is 84.7 Å². The average Bonchev–Trinajstić information content (AvgIpc) is 3.41. The van der Waals surface area contributed by atoms with Crippen LogP contribution in [-0.4, -0.2) is 28.1 Å². The predicted molar refractivity (Wildman–Crippen MR) is 128 cm³/mol. The molecule has 1 heterocycles. The van der Waals surface area contributed by atoms with Crippen LogP contribution in [0.5, 0.6) is 0 Å². The fourth-order valence-electron chi connectivity index (χ4n) is 5.64. The Kier molecular flexibility index (Phi) is 5.71. The zero-order chi connectivity index (χ0) is 24.0. The first-order valence-corrected chi connectivity index (χ1v) is 11.8. The zero-order valence-corrected chi connectivity index (χ0v) is 19.4. The number of benzene rings is 3. The van der Waals surface area contributed by atoms with E-state index in [1.807, 2.05) is 61.2 Å². The van der Waals surface area contributed by atoms with E-state index in [4.69, 9.17) is 0 Å². The molecule has 5 heteroatoms. The van der Waals surface area contributed by atoms with Crippen molar-refractivity contribution in [2.45, 2.75) is 57.7 Å². The second-order valence-corrected chi connectivity index (χ2v) is 9.43. The van der Waals surface area contributed by atoms with Crippen molar-refractivity contribution in [1.82, 2.24) is 4.90 Å². The Balaban J connectivity index is 1.66. The fraction of sp³-hybridized carbons (Fsp3) is 0.310. The van der Waals surface area contributed by atoms with E-state index in [0.717, 1.165) is 47.1 Å². The van der Waals surface area contributed by atoms with E-state index in [0.29, 0.717) is 17.7 Å². The van der Waals surface area contributed by atoms with E-state index in [1.165, 1.54) is 6.07 Å². The molecular weight excluding hydrogens is 427 g/mol. The van der Waals surface area contributed by atoms with Crippen molar-refractivity contribution in [3.8, 4) is 6.07 Å². The van der Waals surface area contributed by atoms with Crippen LogP contribution in [0.15, 0.2) is 54.6 Å². The van der Waals surface area contributed by atoms with Crippen LogP contribution in [-0.2, 0) is 6.54 Å². The molecule has 3 atom stereocenters. The first kappa shape index (κ1) is 22.3. The molecule has 1 unspecified atom stereocenters. The Labute approximate surface area is 199 Å². The summed E-state index contributed by atoms with van der Waals surface area (Å²) >= 11 is 0. The van der Waals surface area contributed by atoms with Crippen molar-refractivity contribution in [2.75, 3.05) is 0 Å². The van der Waals surface area contributed by atoms with Gasteiger partial charge < -0.3 is 10.0 Å². The quantitative estimate of drug-likeness (QED) is 0.540. The van der Waals surface area contributed by atoms with Gasteiger partial charge in [0.15, 0.2) is 0 Å². The SMILES string of the molecule is Cc1c(C(c2ccccc2)c2ccc(C#N)cc2F)cc2c(c1C)CN([C@H]1CCC[C@@H]1O)C2=O. The smallest absolute Gasteiger partial charge is 0.254 e. The van der Waals surface area contributed by atoms with Crippen LogP contribution in [0, 0.1) is 31.0 Å². The molecule has 172 valence electrons. The molecule has 4 nitrogen and oxygen atoms in total. The van der Waals surface area contributed by atoms with Crippen LogP contribution >= 0.6 is 0 Å². The van der Waals surface area contributed by atoms with Gasteiger partial charge in [-0.25, -0.2) is 4.39 Å². The van der Waals surface area contributed by atoms with Gasteiger partial charge in [0, 0.05) is 18.0 Å². The molecule has 3 aromatic carbocycles. The Hall–Kier alpha value is -3.49. The second kappa shape index (κ2) is 8.70. The van der Waals surface area contributed by atoms with Gasteiger partial charge in [0.2, 0.25) is 0 Å². The topological polar surface area (TPSA) is 64.3 Å². The molecule has 1 amide bonds. The van der Waals surface area contributed by atoms with Crippen molar-refractivity contribution < 1.29 is 14.3 Å². The lowest BCUT2D eigenvalue weighted by Gasteiger charge is -2.26. The Bertz CT molecular complexity index is 1310. The number of hydrogen-bond donors (Lipinski definition) is 1.